The first-order valence-electron chi connectivity index (χ1n) is 10.1. The Morgan fingerprint density at radius 3 is 2.66 bits per heavy atom. The Labute approximate surface area is 171 Å². The first kappa shape index (κ1) is 21.9. The van der Waals surface area contributed by atoms with Crippen LogP contribution in [0.2, 0.25) is 19.1 Å². The van der Waals surface area contributed by atoms with Gasteiger partial charge >= 0.3 is 0 Å². The molecule has 0 spiro atoms. The second-order valence-electron chi connectivity index (χ2n) is 8.44. The van der Waals surface area contributed by atoms with E-state index in [9.17, 15) is 15.3 Å². The molecule has 3 rings (SSSR count). The number of fused-ring (bicyclic) bond motifs is 1. The standard InChI is InChI=1S/C18H32N6O4Si/c1-4-5-6-7-29(2,3)10-22-15-12-16(21-9-20-15)24(18(19)23-12)17-14(27)13(26)11(8-25)28-17/h9,11,13-14,17,25-27H,4-8,10H2,1-3H3,(H2,19,23)(H,20,21,22)/t11-,13-,14-,17-/m0/s1. The summed E-state index contributed by atoms with van der Waals surface area (Å²) in [5, 5.41) is 33.2. The summed E-state index contributed by atoms with van der Waals surface area (Å²) in [4.78, 5) is 13.0. The lowest BCUT2D eigenvalue weighted by atomic mass is 10.1. The number of nitrogen functional groups attached to an aromatic ring is 1. The average Bonchev–Trinajstić information content (AvgIpc) is 3.16. The number of imidazole rings is 1. The van der Waals surface area contributed by atoms with Gasteiger partial charge in [-0.15, -0.1) is 0 Å². The molecule has 0 radical (unpaired) electrons. The van der Waals surface area contributed by atoms with Gasteiger partial charge in [0.2, 0.25) is 5.95 Å². The third-order valence-electron chi connectivity index (χ3n) is 5.47. The summed E-state index contributed by atoms with van der Waals surface area (Å²) < 4.78 is 7.04. The molecule has 6 N–H and O–H groups in total. The number of nitrogens with zero attached hydrogens (tertiary/aromatic N) is 4. The molecule has 0 aliphatic carbocycles. The van der Waals surface area contributed by atoms with Crippen LogP contribution in [0, 0.1) is 0 Å². The van der Waals surface area contributed by atoms with E-state index in [4.69, 9.17) is 10.5 Å². The maximum absolute atomic E-state index is 10.4. The van der Waals surface area contributed by atoms with Crippen molar-refractivity contribution in [1.29, 1.82) is 0 Å². The van der Waals surface area contributed by atoms with Crippen LogP contribution in [0.25, 0.3) is 11.2 Å². The Bertz CT molecular complexity index is 832. The van der Waals surface area contributed by atoms with Gasteiger partial charge in [0.25, 0.3) is 0 Å². The highest BCUT2D eigenvalue weighted by atomic mass is 28.3. The number of hydrogen-bond acceptors (Lipinski definition) is 9. The summed E-state index contributed by atoms with van der Waals surface area (Å²) in [6.07, 6.45) is 1.58. The van der Waals surface area contributed by atoms with Gasteiger partial charge in [-0.2, -0.15) is 0 Å². The van der Waals surface area contributed by atoms with Gasteiger partial charge in [0.15, 0.2) is 23.2 Å². The summed E-state index contributed by atoms with van der Waals surface area (Å²) in [5.74, 6) is 0.682. The van der Waals surface area contributed by atoms with Gasteiger partial charge in [-0.25, -0.2) is 15.0 Å². The van der Waals surface area contributed by atoms with E-state index in [1.54, 1.807) is 0 Å². The number of aliphatic hydroxyl groups is 3. The summed E-state index contributed by atoms with van der Waals surface area (Å²) in [6.45, 7) is 6.49. The van der Waals surface area contributed by atoms with Gasteiger partial charge in [-0.05, 0) is 0 Å². The van der Waals surface area contributed by atoms with Crippen LogP contribution in [-0.2, 0) is 4.74 Å². The molecule has 0 amide bonds. The van der Waals surface area contributed by atoms with Crippen molar-refractivity contribution >= 4 is 31.0 Å². The van der Waals surface area contributed by atoms with Crippen molar-refractivity contribution in [3.05, 3.63) is 6.33 Å². The third-order valence-corrected chi connectivity index (χ3v) is 8.31. The summed E-state index contributed by atoms with van der Waals surface area (Å²) in [7, 11) is -1.44. The molecule has 3 heterocycles. The minimum absolute atomic E-state index is 0.0952. The fraction of sp³-hybridized carbons (Fsp3) is 0.722. The van der Waals surface area contributed by atoms with Crippen molar-refractivity contribution < 1.29 is 20.1 Å². The van der Waals surface area contributed by atoms with Crippen LogP contribution in [-0.4, -0.2) is 74.0 Å². The number of aliphatic hydroxyl groups excluding tert-OH is 3. The molecule has 0 saturated carbocycles. The Morgan fingerprint density at radius 1 is 1.24 bits per heavy atom. The van der Waals surface area contributed by atoms with Gasteiger partial charge < -0.3 is 31.1 Å². The lowest BCUT2D eigenvalue weighted by Gasteiger charge is -2.23. The number of unbranched alkanes of at least 4 members (excludes halogenated alkanes) is 2. The largest absolute Gasteiger partial charge is 0.394 e. The minimum Gasteiger partial charge on any atom is -0.394 e. The zero-order valence-corrected chi connectivity index (χ0v) is 18.2. The summed E-state index contributed by atoms with van der Waals surface area (Å²) in [5.41, 5.74) is 6.98. The van der Waals surface area contributed by atoms with Crippen LogP contribution in [0.1, 0.15) is 32.4 Å². The van der Waals surface area contributed by atoms with E-state index in [2.05, 4.69) is 40.3 Å². The Hall–Kier alpha value is -1.79. The average molecular weight is 425 g/mol. The number of rotatable bonds is 9. The predicted molar refractivity (Wildman–Crippen MR) is 113 cm³/mol. The van der Waals surface area contributed by atoms with Gasteiger partial charge in [0.1, 0.15) is 24.6 Å². The van der Waals surface area contributed by atoms with E-state index < -0.39 is 39.2 Å². The Kier molecular flexibility index (Phi) is 6.74. The zero-order chi connectivity index (χ0) is 21.2. The highest BCUT2D eigenvalue weighted by Gasteiger charge is 2.44. The van der Waals surface area contributed by atoms with Gasteiger partial charge in [0, 0.05) is 6.17 Å². The molecule has 10 nitrogen and oxygen atoms in total. The van der Waals surface area contributed by atoms with E-state index in [1.165, 1.54) is 36.2 Å². The Balaban J connectivity index is 1.83. The molecule has 4 atom stereocenters. The number of hydrogen-bond donors (Lipinski definition) is 5. The SMILES string of the molecule is CCCCC[Si](C)(C)CNc1ncnc2c1nc(N)n2[C@H]1O[C@@H](CO)[C@H](O)[C@@H]1O. The van der Waals surface area contributed by atoms with Crippen LogP contribution in [0.5, 0.6) is 0 Å². The van der Waals surface area contributed by atoms with Gasteiger partial charge in [0.05, 0.1) is 14.7 Å². The van der Waals surface area contributed by atoms with Crippen LogP contribution in [0.3, 0.4) is 0 Å². The lowest BCUT2D eigenvalue weighted by Crippen LogP contribution is -2.35. The quantitative estimate of drug-likeness (QED) is 0.291. The molecule has 162 valence electrons. The number of nitrogens with one attached hydrogen (secondary N) is 1. The zero-order valence-electron chi connectivity index (χ0n) is 17.2. The molecule has 0 unspecified atom stereocenters. The molecular weight excluding hydrogens is 392 g/mol. The second kappa shape index (κ2) is 8.92. The van der Waals surface area contributed by atoms with E-state index in [-0.39, 0.29) is 5.95 Å². The summed E-state index contributed by atoms with van der Waals surface area (Å²) in [6, 6.07) is 1.24. The van der Waals surface area contributed by atoms with Crippen LogP contribution in [0.4, 0.5) is 11.8 Å². The van der Waals surface area contributed by atoms with E-state index >= 15 is 0 Å². The number of nitrogens with two attached hydrogens (primary N) is 1. The van der Waals surface area contributed by atoms with E-state index in [1.807, 2.05) is 0 Å². The first-order valence-corrected chi connectivity index (χ1v) is 13.5. The molecule has 29 heavy (non-hydrogen) atoms. The van der Waals surface area contributed by atoms with Crippen molar-refractivity contribution in [1.82, 2.24) is 19.5 Å². The number of anilines is 2. The molecule has 11 heteroatoms. The van der Waals surface area contributed by atoms with E-state index in [0.717, 1.165) is 6.17 Å². The highest BCUT2D eigenvalue weighted by molar-refractivity contribution is 6.78. The molecule has 0 bridgehead atoms. The third kappa shape index (κ3) is 4.53. The van der Waals surface area contributed by atoms with Crippen LogP contribution < -0.4 is 11.1 Å². The monoisotopic (exact) mass is 424 g/mol. The number of aromatic nitrogens is 4. The smallest absolute Gasteiger partial charge is 0.204 e. The molecule has 1 aliphatic heterocycles. The van der Waals surface area contributed by atoms with Crippen molar-refractivity contribution in [2.45, 2.75) is 69.9 Å². The molecule has 2 aromatic rings. The Morgan fingerprint density at radius 2 is 2.00 bits per heavy atom. The highest BCUT2D eigenvalue weighted by Crippen LogP contribution is 2.34. The van der Waals surface area contributed by atoms with Crippen LogP contribution >= 0.6 is 0 Å². The van der Waals surface area contributed by atoms with Gasteiger partial charge in [-0.3, -0.25) is 4.57 Å². The molecular formula is C18H32N6O4Si. The maximum Gasteiger partial charge on any atom is 0.204 e. The van der Waals surface area contributed by atoms with Crippen LogP contribution in [0.15, 0.2) is 6.33 Å². The minimum atomic E-state index is -1.44. The molecule has 1 saturated heterocycles. The lowest BCUT2D eigenvalue weighted by molar-refractivity contribution is -0.0500. The molecule has 1 fully saturated rings. The van der Waals surface area contributed by atoms with E-state index in [0.29, 0.717) is 17.0 Å². The topological polar surface area (TPSA) is 152 Å². The fourth-order valence-electron chi connectivity index (χ4n) is 3.66. The molecule has 2 aromatic heterocycles. The summed E-state index contributed by atoms with van der Waals surface area (Å²) >= 11 is 0. The molecule has 1 aliphatic rings. The second-order valence-corrected chi connectivity index (χ2v) is 13.6. The van der Waals surface area contributed by atoms with Crippen molar-refractivity contribution in [3.63, 3.8) is 0 Å². The maximum atomic E-state index is 10.4. The fourth-order valence-corrected chi connectivity index (χ4v) is 5.69. The van der Waals surface area contributed by atoms with Crippen molar-refractivity contribution in [3.8, 4) is 0 Å². The van der Waals surface area contributed by atoms with Crippen molar-refractivity contribution in [2.75, 3.05) is 23.8 Å². The number of ether oxygens (including phenoxy) is 1. The van der Waals surface area contributed by atoms with Gasteiger partial charge in [-0.1, -0.05) is 45.3 Å². The predicted octanol–water partition coefficient (Wildman–Crippen LogP) is 0.870. The first-order chi connectivity index (χ1) is 13.8. The van der Waals surface area contributed by atoms with Crippen molar-refractivity contribution in [2.24, 2.45) is 0 Å². The normalized spacial score (nSPS) is 25.0. The molecule has 0 aromatic carbocycles.